The summed E-state index contributed by atoms with van der Waals surface area (Å²) in [5.74, 6) is -0.00802. The maximum atomic E-state index is 13.8. The van der Waals surface area contributed by atoms with E-state index in [1.54, 1.807) is 24.1 Å². The Bertz CT molecular complexity index is 957. The Labute approximate surface area is 168 Å². The molecule has 1 spiro atoms. The zero-order valence-electron chi connectivity index (χ0n) is 16.4. The molecule has 2 aliphatic heterocycles. The molecule has 152 valence electrons. The lowest BCUT2D eigenvalue weighted by Gasteiger charge is -2.51. The Morgan fingerprint density at radius 1 is 1.21 bits per heavy atom. The Kier molecular flexibility index (Phi) is 4.77. The summed E-state index contributed by atoms with van der Waals surface area (Å²) in [7, 11) is 3.40. The van der Waals surface area contributed by atoms with Gasteiger partial charge >= 0.3 is 6.03 Å². The lowest BCUT2D eigenvalue weighted by atomic mass is 9.90. The van der Waals surface area contributed by atoms with E-state index in [-0.39, 0.29) is 17.8 Å². The fraction of sp³-hybridized carbons (Fsp3) is 0.333. The number of ether oxygens (including phenoxy) is 1. The van der Waals surface area contributed by atoms with Gasteiger partial charge in [0.05, 0.1) is 24.0 Å². The third-order valence-corrected chi connectivity index (χ3v) is 5.78. The van der Waals surface area contributed by atoms with Crippen molar-refractivity contribution in [3.8, 4) is 5.75 Å². The van der Waals surface area contributed by atoms with E-state index in [1.807, 2.05) is 24.1 Å². The van der Waals surface area contributed by atoms with Gasteiger partial charge in [-0.05, 0) is 30.3 Å². The molecule has 0 aromatic heterocycles. The highest BCUT2D eigenvalue weighted by Gasteiger charge is 2.45. The summed E-state index contributed by atoms with van der Waals surface area (Å²) in [4.78, 5) is 28.9. The highest BCUT2D eigenvalue weighted by Crippen LogP contribution is 2.36. The van der Waals surface area contributed by atoms with Gasteiger partial charge in [-0.3, -0.25) is 4.79 Å². The van der Waals surface area contributed by atoms with Gasteiger partial charge in [-0.2, -0.15) is 0 Å². The number of likely N-dealkylation sites (tertiary alicyclic amines) is 1. The van der Waals surface area contributed by atoms with Gasteiger partial charge in [0, 0.05) is 33.0 Å². The fourth-order valence-electron chi connectivity index (χ4n) is 4.05. The Morgan fingerprint density at radius 2 is 1.93 bits per heavy atom. The van der Waals surface area contributed by atoms with Crippen LogP contribution in [0.2, 0.25) is 0 Å². The molecule has 4 rings (SSSR count). The molecule has 0 bridgehead atoms. The van der Waals surface area contributed by atoms with Crippen LogP contribution in [0, 0.1) is 5.82 Å². The van der Waals surface area contributed by atoms with Crippen molar-refractivity contribution in [3.05, 3.63) is 53.8 Å². The van der Waals surface area contributed by atoms with E-state index in [4.69, 9.17) is 4.74 Å². The lowest BCUT2D eigenvalue weighted by Crippen LogP contribution is -2.67. The number of rotatable bonds is 2. The van der Waals surface area contributed by atoms with Crippen LogP contribution in [0.1, 0.15) is 23.2 Å². The van der Waals surface area contributed by atoms with E-state index in [0.717, 1.165) is 0 Å². The van der Waals surface area contributed by atoms with Crippen molar-refractivity contribution in [1.29, 1.82) is 0 Å². The fourth-order valence-corrected chi connectivity index (χ4v) is 4.05. The van der Waals surface area contributed by atoms with Crippen molar-refractivity contribution in [2.45, 2.75) is 18.5 Å². The van der Waals surface area contributed by atoms with E-state index >= 15 is 0 Å². The number of halogens is 1. The first-order valence-electron chi connectivity index (χ1n) is 9.48. The lowest BCUT2D eigenvalue weighted by molar-refractivity contribution is 0.0815. The highest BCUT2D eigenvalue weighted by atomic mass is 19.1. The van der Waals surface area contributed by atoms with Crippen LogP contribution in [0.15, 0.2) is 42.5 Å². The molecule has 3 amide bonds. The summed E-state index contributed by atoms with van der Waals surface area (Å²) >= 11 is 0. The number of fused-ring (bicyclic) bond motifs is 1. The zero-order chi connectivity index (χ0) is 20.6. The van der Waals surface area contributed by atoms with Crippen molar-refractivity contribution in [2.75, 3.05) is 37.5 Å². The number of benzene rings is 2. The summed E-state index contributed by atoms with van der Waals surface area (Å²) in [6.45, 7) is 0.909. The molecule has 2 aliphatic rings. The van der Waals surface area contributed by atoms with Crippen LogP contribution in [0.3, 0.4) is 0 Å². The smallest absolute Gasteiger partial charge is 0.321 e. The molecule has 2 heterocycles. The Balaban J connectivity index is 1.47. The van der Waals surface area contributed by atoms with Crippen LogP contribution in [-0.2, 0) is 0 Å². The third-order valence-electron chi connectivity index (χ3n) is 5.78. The van der Waals surface area contributed by atoms with Crippen LogP contribution in [0.25, 0.3) is 0 Å². The number of carbonyl (C=O) groups is 2. The topological polar surface area (TPSA) is 73.9 Å². The first kappa shape index (κ1) is 19.0. The second-order valence-corrected chi connectivity index (χ2v) is 7.32. The summed E-state index contributed by atoms with van der Waals surface area (Å²) in [5, 5.41) is 5.95. The van der Waals surface area contributed by atoms with Crippen LogP contribution in [-0.4, -0.2) is 49.7 Å². The monoisotopic (exact) mass is 398 g/mol. The van der Waals surface area contributed by atoms with E-state index in [2.05, 4.69) is 10.6 Å². The van der Waals surface area contributed by atoms with Crippen molar-refractivity contribution >= 4 is 23.3 Å². The molecule has 0 atom stereocenters. The number of piperidine rings is 1. The maximum Gasteiger partial charge on any atom is 0.321 e. The molecule has 0 aliphatic carbocycles. The Hall–Kier alpha value is -3.29. The standard InChI is InChI=1S/C21H23FN4O3/c1-25-17-13-14(22)7-8-15(17)19(27)24-21(25)9-11-26(12-10-21)20(28)23-16-5-3-4-6-18(16)29-2/h3-8,13H,9-12H2,1-2H3,(H,23,28)(H,24,27). The quantitative estimate of drug-likeness (QED) is 0.816. The van der Waals surface area contributed by atoms with Crippen LogP contribution >= 0.6 is 0 Å². The summed E-state index contributed by atoms with van der Waals surface area (Å²) in [6.07, 6.45) is 1.06. The molecular formula is C21H23FN4O3. The number of amides is 3. The highest BCUT2D eigenvalue weighted by molar-refractivity contribution is 6.02. The summed E-state index contributed by atoms with van der Waals surface area (Å²) in [5.41, 5.74) is 0.989. The molecule has 2 aromatic carbocycles. The minimum Gasteiger partial charge on any atom is -0.495 e. The number of anilines is 2. The van der Waals surface area contributed by atoms with Crippen molar-refractivity contribution in [1.82, 2.24) is 10.2 Å². The van der Waals surface area contributed by atoms with E-state index in [9.17, 15) is 14.0 Å². The predicted octanol–water partition coefficient (Wildman–Crippen LogP) is 3.04. The van der Waals surface area contributed by atoms with E-state index in [1.165, 1.54) is 18.2 Å². The van der Waals surface area contributed by atoms with Crippen LogP contribution in [0.5, 0.6) is 5.75 Å². The molecule has 1 saturated heterocycles. The SMILES string of the molecule is COc1ccccc1NC(=O)N1CCC2(CC1)NC(=O)c1ccc(F)cc1N2C. The number of urea groups is 1. The van der Waals surface area contributed by atoms with Gasteiger partial charge in [-0.15, -0.1) is 0 Å². The minimum atomic E-state index is -0.640. The molecule has 7 nitrogen and oxygen atoms in total. The third kappa shape index (κ3) is 3.35. The molecule has 0 unspecified atom stereocenters. The summed E-state index contributed by atoms with van der Waals surface area (Å²) in [6, 6.07) is 11.2. The molecule has 8 heteroatoms. The maximum absolute atomic E-state index is 13.8. The number of para-hydroxylation sites is 2. The minimum absolute atomic E-state index is 0.218. The summed E-state index contributed by atoms with van der Waals surface area (Å²) < 4.78 is 19.0. The molecule has 1 fully saturated rings. The number of methoxy groups -OCH3 is 1. The number of hydrogen-bond donors (Lipinski definition) is 2. The molecular weight excluding hydrogens is 375 g/mol. The van der Waals surface area contributed by atoms with Crippen molar-refractivity contribution in [3.63, 3.8) is 0 Å². The predicted molar refractivity (Wildman–Crippen MR) is 108 cm³/mol. The average Bonchev–Trinajstić information content (AvgIpc) is 2.73. The van der Waals surface area contributed by atoms with Crippen LogP contribution in [0.4, 0.5) is 20.6 Å². The second kappa shape index (κ2) is 7.27. The van der Waals surface area contributed by atoms with Gasteiger partial charge in [0.2, 0.25) is 0 Å². The first-order valence-corrected chi connectivity index (χ1v) is 9.48. The first-order chi connectivity index (χ1) is 13.9. The van der Waals surface area contributed by atoms with Gasteiger partial charge in [0.25, 0.3) is 5.91 Å². The molecule has 29 heavy (non-hydrogen) atoms. The van der Waals surface area contributed by atoms with Crippen molar-refractivity contribution in [2.24, 2.45) is 0 Å². The van der Waals surface area contributed by atoms with Crippen molar-refractivity contribution < 1.29 is 18.7 Å². The number of carbonyl (C=O) groups excluding carboxylic acids is 2. The number of nitrogens with zero attached hydrogens (tertiary/aromatic N) is 2. The van der Waals surface area contributed by atoms with Gasteiger partial charge < -0.3 is 25.2 Å². The number of nitrogens with one attached hydrogen (secondary N) is 2. The van der Waals surface area contributed by atoms with Gasteiger partial charge in [-0.1, -0.05) is 12.1 Å². The Morgan fingerprint density at radius 3 is 2.66 bits per heavy atom. The van der Waals surface area contributed by atoms with Crippen LogP contribution < -0.4 is 20.3 Å². The number of hydrogen-bond acceptors (Lipinski definition) is 4. The van der Waals surface area contributed by atoms with Gasteiger partial charge in [0.1, 0.15) is 17.2 Å². The zero-order valence-corrected chi connectivity index (χ0v) is 16.4. The molecule has 2 N–H and O–H groups in total. The molecule has 0 radical (unpaired) electrons. The van der Waals surface area contributed by atoms with Gasteiger partial charge in [-0.25, -0.2) is 9.18 Å². The van der Waals surface area contributed by atoms with E-state index in [0.29, 0.717) is 48.6 Å². The van der Waals surface area contributed by atoms with Gasteiger partial charge in [0.15, 0.2) is 0 Å². The normalized spacial score (nSPS) is 17.6. The molecule has 0 saturated carbocycles. The second-order valence-electron chi connectivity index (χ2n) is 7.32. The van der Waals surface area contributed by atoms with E-state index < -0.39 is 5.66 Å². The average molecular weight is 398 g/mol. The largest absolute Gasteiger partial charge is 0.495 e. The molecule has 2 aromatic rings.